The number of benzene rings is 2. The highest BCUT2D eigenvalue weighted by Crippen LogP contribution is 2.26. The zero-order valence-corrected chi connectivity index (χ0v) is 11.9. The van der Waals surface area contributed by atoms with Crippen LogP contribution in [-0.2, 0) is 6.54 Å². The van der Waals surface area contributed by atoms with E-state index in [0.29, 0.717) is 18.0 Å². The fourth-order valence-corrected chi connectivity index (χ4v) is 2.03. The Bertz CT molecular complexity index is 676. The Morgan fingerprint density at radius 1 is 1.33 bits per heavy atom. The molecular weight excluding hydrogens is 297 g/mol. The Kier molecular flexibility index (Phi) is 4.65. The number of carboxylic acid groups (broad SMARTS) is 1. The van der Waals surface area contributed by atoms with Gasteiger partial charge in [-0.05, 0) is 35.9 Å². The lowest BCUT2D eigenvalue weighted by Gasteiger charge is -2.12. The molecule has 110 valence electrons. The Morgan fingerprint density at radius 3 is 2.71 bits per heavy atom. The predicted octanol–water partition coefficient (Wildman–Crippen LogP) is 3.80. The number of ether oxygens (including phenoxy) is 1. The maximum absolute atomic E-state index is 13.1. The smallest absolute Gasteiger partial charge is 0.335 e. The Morgan fingerprint density at radius 2 is 2.10 bits per heavy atom. The molecule has 21 heavy (non-hydrogen) atoms. The number of rotatable bonds is 5. The maximum atomic E-state index is 13.1. The molecule has 6 heteroatoms. The molecule has 0 unspecified atom stereocenters. The van der Waals surface area contributed by atoms with Gasteiger partial charge in [0.1, 0.15) is 11.6 Å². The van der Waals surface area contributed by atoms with Gasteiger partial charge in [-0.15, -0.1) is 0 Å². The monoisotopic (exact) mass is 309 g/mol. The van der Waals surface area contributed by atoms with Crippen LogP contribution in [0.1, 0.15) is 15.9 Å². The molecule has 2 aromatic rings. The SMILES string of the molecule is COc1ccc(C(=O)O)cc1NCc1ccc(F)c(Cl)c1. The largest absolute Gasteiger partial charge is 0.495 e. The van der Waals surface area contributed by atoms with Gasteiger partial charge in [-0.2, -0.15) is 0 Å². The minimum absolute atomic E-state index is 0.0422. The van der Waals surface area contributed by atoms with Crippen LogP contribution in [0.3, 0.4) is 0 Å². The van der Waals surface area contributed by atoms with Gasteiger partial charge < -0.3 is 15.2 Å². The lowest BCUT2D eigenvalue weighted by molar-refractivity contribution is 0.0697. The van der Waals surface area contributed by atoms with Crippen molar-refractivity contribution in [2.45, 2.75) is 6.54 Å². The van der Waals surface area contributed by atoms with E-state index in [2.05, 4.69) is 5.32 Å². The number of anilines is 1. The lowest BCUT2D eigenvalue weighted by atomic mass is 10.1. The highest BCUT2D eigenvalue weighted by atomic mass is 35.5. The van der Waals surface area contributed by atoms with E-state index in [-0.39, 0.29) is 10.6 Å². The standard InChI is InChI=1S/C15H13ClFNO3/c1-21-14-5-3-10(15(19)20)7-13(14)18-8-9-2-4-12(17)11(16)6-9/h2-7,18H,8H2,1H3,(H,19,20). The van der Waals surface area contributed by atoms with Gasteiger partial charge in [-0.3, -0.25) is 0 Å². The summed E-state index contributed by atoms with van der Waals surface area (Å²) in [6.07, 6.45) is 0. The van der Waals surface area contributed by atoms with E-state index in [4.69, 9.17) is 21.4 Å². The molecule has 0 aromatic heterocycles. The number of aromatic carboxylic acids is 1. The molecule has 0 heterocycles. The van der Waals surface area contributed by atoms with Gasteiger partial charge in [-0.25, -0.2) is 9.18 Å². The van der Waals surface area contributed by atoms with Crippen molar-refractivity contribution in [1.82, 2.24) is 0 Å². The summed E-state index contributed by atoms with van der Waals surface area (Å²) < 4.78 is 18.3. The molecule has 2 N–H and O–H groups in total. The van der Waals surface area contributed by atoms with Crippen molar-refractivity contribution >= 4 is 23.3 Å². The zero-order valence-electron chi connectivity index (χ0n) is 11.2. The minimum atomic E-state index is -1.02. The topological polar surface area (TPSA) is 58.6 Å². The zero-order chi connectivity index (χ0) is 15.4. The van der Waals surface area contributed by atoms with Gasteiger partial charge in [0.2, 0.25) is 0 Å². The van der Waals surface area contributed by atoms with E-state index >= 15 is 0 Å². The first kappa shape index (κ1) is 15.1. The van der Waals surface area contributed by atoms with Crippen molar-refractivity contribution in [3.63, 3.8) is 0 Å². The van der Waals surface area contributed by atoms with Gasteiger partial charge in [0.15, 0.2) is 0 Å². The van der Waals surface area contributed by atoms with Crippen LogP contribution in [0, 0.1) is 5.82 Å². The van der Waals surface area contributed by atoms with Crippen LogP contribution in [0.4, 0.5) is 10.1 Å². The van der Waals surface area contributed by atoms with Gasteiger partial charge in [0.05, 0.1) is 23.4 Å². The molecule has 4 nitrogen and oxygen atoms in total. The van der Waals surface area contributed by atoms with Crippen LogP contribution in [0.5, 0.6) is 5.75 Å². The van der Waals surface area contributed by atoms with Crippen molar-refractivity contribution in [2.24, 2.45) is 0 Å². The summed E-state index contributed by atoms with van der Waals surface area (Å²) in [5.74, 6) is -0.982. The molecule has 0 aliphatic heterocycles. The summed E-state index contributed by atoms with van der Waals surface area (Å²) in [5.41, 5.74) is 1.46. The van der Waals surface area contributed by atoms with E-state index in [9.17, 15) is 9.18 Å². The van der Waals surface area contributed by atoms with E-state index in [1.54, 1.807) is 12.1 Å². The molecule has 0 amide bonds. The van der Waals surface area contributed by atoms with Crippen molar-refractivity contribution in [1.29, 1.82) is 0 Å². The second-order valence-corrected chi connectivity index (χ2v) is 4.73. The third-order valence-electron chi connectivity index (χ3n) is 2.91. The van der Waals surface area contributed by atoms with Gasteiger partial charge in [-0.1, -0.05) is 17.7 Å². The Labute approximate surface area is 126 Å². The third kappa shape index (κ3) is 3.64. The molecule has 0 saturated heterocycles. The second-order valence-electron chi connectivity index (χ2n) is 4.32. The van der Waals surface area contributed by atoms with Crippen molar-refractivity contribution in [3.05, 3.63) is 58.4 Å². The fraction of sp³-hybridized carbons (Fsp3) is 0.133. The summed E-state index contributed by atoms with van der Waals surface area (Å²) >= 11 is 5.72. The summed E-state index contributed by atoms with van der Waals surface area (Å²) in [7, 11) is 1.50. The van der Waals surface area contributed by atoms with E-state index < -0.39 is 11.8 Å². The number of methoxy groups -OCH3 is 1. The first-order chi connectivity index (χ1) is 10.0. The molecule has 0 fully saturated rings. The molecule has 2 rings (SSSR count). The third-order valence-corrected chi connectivity index (χ3v) is 3.20. The fourth-order valence-electron chi connectivity index (χ4n) is 1.83. The molecule has 0 bridgehead atoms. The normalized spacial score (nSPS) is 10.2. The number of hydrogen-bond acceptors (Lipinski definition) is 3. The quantitative estimate of drug-likeness (QED) is 0.882. The van der Waals surface area contributed by atoms with Gasteiger partial charge in [0.25, 0.3) is 0 Å². The summed E-state index contributed by atoms with van der Waals surface area (Å²) in [6.45, 7) is 0.361. The molecule has 0 aliphatic carbocycles. The van der Waals surface area contributed by atoms with Crippen LogP contribution >= 0.6 is 11.6 Å². The van der Waals surface area contributed by atoms with Crippen LogP contribution in [0.2, 0.25) is 5.02 Å². The van der Waals surface area contributed by atoms with Gasteiger partial charge >= 0.3 is 5.97 Å². The van der Waals surface area contributed by atoms with E-state index in [1.807, 2.05) is 0 Å². The molecule has 0 atom stereocenters. The van der Waals surface area contributed by atoms with Crippen LogP contribution in [-0.4, -0.2) is 18.2 Å². The highest BCUT2D eigenvalue weighted by Gasteiger charge is 2.09. The van der Waals surface area contributed by atoms with Crippen LogP contribution in [0.15, 0.2) is 36.4 Å². The van der Waals surface area contributed by atoms with E-state index in [0.717, 1.165) is 5.56 Å². The number of nitrogens with one attached hydrogen (secondary N) is 1. The maximum Gasteiger partial charge on any atom is 0.335 e. The summed E-state index contributed by atoms with van der Waals surface area (Å²) in [4.78, 5) is 11.0. The first-order valence-electron chi connectivity index (χ1n) is 6.10. The number of hydrogen-bond donors (Lipinski definition) is 2. The summed E-state index contributed by atoms with van der Waals surface area (Å²) in [5, 5.41) is 12.1. The van der Waals surface area contributed by atoms with E-state index in [1.165, 1.54) is 31.4 Å². The van der Waals surface area contributed by atoms with Crippen LogP contribution < -0.4 is 10.1 Å². The van der Waals surface area contributed by atoms with Crippen molar-refractivity contribution in [2.75, 3.05) is 12.4 Å². The molecule has 2 aromatic carbocycles. The number of halogens is 2. The highest BCUT2D eigenvalue weighted by molar-refractivity contribution is 6.30. The van der Waals surface area contributed by atoms with Crippen LogP contribution in [0.25, 0.3) is 0 Å². The summed E-state index contributed by atoms with van der Waals surface area (Å²) in [6, 6.07) is 8.90. The molecule has 0 aliphatic rings. The Balaban J connectivity index is 2.19. The average molecular weight is 310 g/mol. The van der Waals surface area contributed by atoms with Crippen molar-refractivity contribution < 1.29 is 19.0 Å². The van der Waals surface area contributed by atoms with Gasteiger partial charge in [0, 0.05) is 6.54 Å². The Hall–Kier alpha value is -2.27. The molecule has 0 saturated carbocycles. The number of carboxylic acids is 1. The molecule has 0 spiro atoms. The molecular formula is C15H13ClFNO3. The molecule has 0 radical (unpaired) electrons. The van der Waals surface area contributed by atoms with Crippen molar-refractivity contribution in [3.8, 4) is 5.75 Å². The minimum Gasteiger partial charge on any atom is -0.495 e. The average Bonchev–Trinajstić information content (AvgIpc) is 2.48. The lowest BCUT2D eigenvalue weighted by Crippen LogP contribution is -2.04. The first-order valence-corrected chi connectivity index (χ1v) is 6.48. The predicted molar refractivity (Wildman–Crippen MR) is 78.7 cm³/mol. The number of carbonyl (C=O) groups is 1. The second kappa shape index (κ2) is 6.45.